The Balaban J connectivity index is 1.64. The fraction of sp³-hybridized carbons (Fsp3) is 0.591. The summed E-state index contributed by atoms with van der Waals surface area (Å²) in [5.74, 6) is 2.29. The molecule has 1 aromatic carbocycles. The van der Waals surface area contributed by atoms with Gasteiger partial charge in [0.05, 0.1) is 5.39 Å². The van der Waals surface area contributed by atoms with Crippen molar-refractivity contribution in [3.05, 3.63) is 40.3 Å². The number of fused-ring (bicyclic) bond motifs is 3. The Morgan fingerprint density at radius 1 is 1.19 bits per heavy atom. The number of aromatic nitrogens is 2. The van der Waals surface area contributed by atoms with Gasteiger partial charge in [-0.05, 0) is 55.9 Å². The minimum Gasteiger partial charge on any atom is -0.348 e. The minimum absolute atomic E-state index is 0.128. The van der Waals surface area contributed by atoms with E-state index >= 15 is 0 Å². The van der Waals surface area contributed by atoms with Crippen molar-refractivity contribution in [2.24, 2.45) is 23.7 Å². The largest absolute Gasteiger partial charge is 0.348 e. The molecule has 1 amide bonds. The molecule has 1 heterocycles. The molecule has 5 heteroatoms. The molecular weight excluding hydrogens is 338 g/mol. The van der Waals surface area contributed by atoms with Crippen LogP contribution in [0.3, 0.4) is 0 Å². The fourth-order valence-electron chi connectivity index (χ4n) is 5.16. The predicted molar refractivity (Wildman–Crippen MR) is 107 cm³/mol. The van der Waals surface area contributed by atoms with Crippen molar-refractivity contribution in [1.29, 1.82) is 0 Å². The first-order valence-corrected chi connectivity index (χ1v) is 10.2. The van der Waals surface area contributed by atoms with Gasteiger partial charge >= 0.3 is 0 Å². The van der Waals surface area contributed by atoms with Crippen molar-refractivity contribution in [1.82, 2.24) is 15.1 Å². The molecule has 0 spiro atoms. The van der Waals surface area contributed by atoms with E-state index < -0.39 is 0 Å². The lowest BCUT2D eigenvalue weighted by atomic mass is 9.84. The topological polar surface area (TPSA) is 64.0 Å². The van der Waals surface area contributed by atoms with Gasteiger partial charge in [-0.2, -0.15) is 5.10 Å². The first kappa shape index (κ1) is 18.2. The third kappa shape index (κ3) is 3.40. The molecule has 2 bridgehead atoms. The van der Waals surface area contributed by atoms with Gasteiger partial charge in [0, 0.05) is 18.0 Å². The second-order valence-corrected chi connectivity index (χ2v) is 8.88. The van der Waals surface area contributed by atoms with Crippen LogP contribution in [0.25, 0.3) is 10.8 Å². The van der Waals surface area contributed by atoms with E-state index in [2.05, 4.69) is 17.3 Å². The van der Waals surface area contributed by atoms with Crippen LogP contribution in [0, 0.1) is 23.7 Å². The quantitative estimate of drug-likeness (QED) is 0.878. The summed E-state index contributed by atoms with van der Waals surface area (Å²) in [6, 6.07) is 7.43. The third-order valence-electron chi connectivity index (χ3n) is 6.41. The van der Waals surface area contributed by atoms with Crippen LogP contribution in [-0.4, -0.2) is 21.7 Å². The van der Waals surface area contributed by atoms with E-state index in [4.69, 9.17) is 0 Å². The summed E-state index contributed by atoms with van der Waals surface area (Å²) in [5.41, 5.74) is 0.234. The molecule has 5 nitrogen and oxygen atoms in total. The van der Waals surface area contributed by atoms with E-state index in [0.717, 1.165) is 11.8 Å². The van der Waals surface area contributed by atoms with E-state index in [1.54, 1.807) is 6.07 Å². The number of carbonyl (C=O) groups excluding carboxylic acids is 1. The average molecular weight is 367 g/mol. The van der Waals surface area contributed by atoms with Gasteiger partial charge in [-0.1, -0.05) is 38.5 Å². The van der Waals surface area contributed by atoms with Gasteiger partial charge < -0.3 is 5.32 Å². The molecule has 4 unspecified atom stereocenters. The van der Waals surface area contributed by atoms with E-state index in [1.807, 2.05) is 32.0 Å². The van der Waals surface area contributed by atoms with Crippen molar-refractivity contribution in [3.8, 4) is 0 Å². The van der Waals surface area contributed by atoms with Crippen LogP contribution in [-0.2, 0) is 6.54 Å². The number of amides is 1. The second kappa shape index (κ2) is 7.10. The van der Waals surface area contributed by atoms with Gasteiger partial charge in [-0.25, -0.2) is 4.68 Å². The van der Waals surface area contributed by atoms with E-state index in [1.165, 1.54) is 30.4 Å². The highest BCUT2D eigenvalue weighted by Gasteiger charge is 2.42. The van der Waals surface area contributed by atoms with Gasteiger partial charge in [0.1, 0.15) is 0 Å². The summed E-state index contributed by atoms with van der Waals surface area (Å²) in [4.78, 5) is 25.8. The number of rotatable bonds is 5. The molecule has 1 aromatic heterocycles. The monoisotopic (exact) mass is 367 g/mol. The zero-order valence-corrected chi connectivity index (χ0v) is 16.4. The predicted octanol–water partition coefficient (Wildman–Crippen LogP) is 3.61. The summed E-state index contributed by atoms with van der Waals surface area (Å²) in [5, 5.41) is 8.86. The Morgan fingerprint density at radius 3 is 2.56 bits per heavy atom. The maximum atomic E-state index is 13.1. The standard InChI is InChI=1S/C22H29N3O2/c1-13(2)12-25-22(27)18-7-5-4-6-17(18)20(24-25)21(26)23-14(3)19-11-15-8-9-16(19)10-15/h4-7,13-16,19H,8-12H2,1-3H3,(H,23,26). The number of nitrogens with zero attached hydrogens (tertiary/aromatic N) is 2. The molecule has 2 aliphatic carbocycles. The molecule has 27 heavy (non-hydrogen) atoms. The van der Waals surface area contributed by atoms with Gasteiger partial charge in [0.2, 0.25) is 0 Å². The zero-order valence-electron chi connectivity index (χ0n) is 16.4. The molecule has 0 aliphatic heterocycles. The van der Waals surface area contributed by atoms with Crippen molar-refractivity contribution in [3.63, 3.8) is 0 Å². The van der Waals surface area contributed by atoms with E-state index in [-0.39, 0.29) is 23.4 Å². The Kier molecular flexibility index (Phi) is 4.79. The van der Waals surface area contributed by atoms with Crippen LogP contribution in [0.15, 0.2) is 29.1 Å². The van der Waals surface area contributed by atoms with E-state index in [0.29, 0.717) is 28.9 Å². The Labute approximate surface area is 160 Å². The van der Waals surface area contributed by atoms with Gasteiger partial charge in [0.25, 0.3) is 11.5 Å². The summed E-state index contributed by atoms with van der Waals surface area (Å²) in [7, 11) is 0. The lowest BCUT2D eigenvalue weighted by Gasteiger charge is -2.28. The molecule has 0 saturated heterocycles. The number of carbonyl (C=O) groups is 1. The Morgan fingerprint density at radius 2 is 1.93 bits per heavy atom. The minimum atomic E-state index is -0.168. The van der Waals surface area contributed by atoms with Crippen LogP contribution in [0.2, 0.25) is 0 Å². The van der Waals surface area contributed by atoms with Crippen molar-refractivity contribution < 1.29 is 4.79 Å². The molecule has 1 N–H and O–H groups in total. The lowest BCUT2D eigenvalue weighted by molar-refractivity contribution is 0.0909. The van der Waals surface area contributed by atoms with E-state index in [9.17, 15) is 9.59 Å². The highest BCUT2D eigenvalue weighted by molar-refractivity contribution is 6.04. The number of benzene rings is 1. The maximum absolute atomic E-state index is 13.1. The van der Waals surface area contributed by atoms with Crippen LogP contribution < -0.4 is 10.9 Å². The lowest BCUT2D eigenvalue weighted by Crippen LogP contribution is -2.41. The summed E-state index contributed by atoms with van der Waals surface area (Å²) in [6.45, 7) is 6.71. The average Bonchev–Trinajstić information content (AvgIpc) is 3.27. The molecule has 4 rings (SSSR count). The Bertz CT molecular complexity index is 917. The highest BCUT2D eigenvalue weighted by atomic mass is 16.2. The second-order valence-electron chi connectivity index (χ2n) is 8.88. The molecule has 2 fully saturated rings. The zero-order chi connectivity index (χ0) is 19.1. The molecule has 2 saturated carbocycles. The normalized spacial score (nSPS) is 25.3. The third-order valence-corrected chi connectivity index (χ3v) is 6.41. The molecule has 2 aromatic rings. The smallest absolute Gasteiger partial charge is 0.274 e. The maximum Gasteiger partial charge on any atom is 0.274 e. The van der Waals surface area contributed by atoms with Crippen molar-refractivity contribution >= 4 is 16.7 Å². The molecule has 0 radical (unpaired) electrons. The van der Waals surface area contributed by atoms with Gasteiger partial charge in [0.15, 0.2) is 5.69 Å². The van der Waals surface area contributed by atoms with Crippen molar-refractivity contribution in [2.75, 3.05) is 0 Å². The SMILES string of the molecule is CC(C)Cn1nc(C(=O)NC(C)C2CC3CCC2C3)c2ccccc2c1=O. The van der Waals surface area contributed by atoms with Gasteiger partial charge in [-0.15, -0.1) is 0 Å². The van der Waals surface area contributed by atoms with Crippen LogP contribution in [0.4, 0.5) is 0 Å². The summed E-state index contributed by atoms with van der Waals surface area (Å²) >= 11 is 0. The van der Waals surface area contributed by atoms with Crippen LogP contribution in [0.1, 0.15) is 56.9 Å². The first-order chi connectivity index (χ1) is 12.9. The first-order valence-electron chi connectivity index (χ1n) is 10.2. The highest BCUT2D eigenvalue weighted by Crippen LogP contribution is 2.49. The molecule has 2 aliphatic rings. The number of hydrogen-bond donors (Lipinski definition) is 1. The summed E-state index contributed by atoms with van der Waals surface area (Å²) < 4.78 is 1.45. The molecule has 4 atom stereocenters. The molecular formula is C22H29N3O2. The summed E-state index contributed by atoms with van der Waals surface area (Å²) in [6.07, 6.45) is 5.21. The number of nitrogens with one attached hydrogen (secondary N) is 1. The van der Waals surface area contributed by atoms with Crippen molar-refractivity contribution in [2.45, 2.75) is 59.0 Å². The van der Waals surface area contributed by atoms with Gasteiger partial charge in [-0.3, -0.25) is 9.59 Å². The Hall–Kier alpha value is -2.17. The van der Waals surface area contributed by atoms with Crippen LogP contribution >= 0.6 is 0 Å². The van der Waals surface area contributed by atoms with Crippen LogP contribution in [0.5, 0.6) is 0 Å². The fourth-order valence-corrected chi connectivity index (χ4v) is 5.16. The molecule has 144 valence electrons. The number of hydrogen-bond acceptors (Lipinski definition) is 3.